The van der Waals surface area contributed by atoms with E-state index in [1.807, 2.05) is 0 Å². The lowest BCUT2D eigenvalue weighted by Crippen LogP contribution is -2.17. The Labute approximate surface area is 103 Å². The highest BCUT2D eigenvalue weighted by Crippen LogP contribution is 2.53. The molecule has 0 unspecified atom stereocenters. The monoisotopic (exact) mass is 226 g/mol. The van der Waals surface area contributed by atoms with Crippen molar-refractivity contribution in [2.75, 3.05) is 0 Å². The van der Waals surface area contributed by atoms with Gasteiger partial charge in [0.05, 0.1) is 0 Å². The van der Waals surface area contributed by atoms with E-state index in [-0.39, 0.29) is 5.41 Å². The molecule has 0 fully saturated rings. The first-order valence-electron chi connectivity index (χ1n) is 6.49. The Morgan fingerprint density at radius 2 is 2.06 bits per heavy atom. The van der Waals surface area contributed by atoms with Crippen LogP contribution < -0.4 is 0 Å². The molecule has 0 radical (unpaired) electrons. The second-order valence-electron chi connectivity index (χ2n) is 5.57. The summed E-state index contributed by atoms with van der Waals surface area (Å²) < 4.78 is 0. The second kappa shape index (κ2) is 3.83. The normalized spacial score (nSPS) is 26.6. The van der Waals surface area contributed by atoms with Crippen molar-refractivity contribution in [2.24, 2.45) is 5.41 Å². The quantitative estimate of drug-likeness (QED) is 0.701. The number of hydrogen-bond acceptors (Lipinski definition) is 1. The van der Waals surface area contributed by atoms with Crippen molar-refractivity contribution in [3.8, 4) is 0 Å². The molecule has 2 aliphatic rings. The van der Waals surface area contributed by atoms with Crippen LogP contribution in [-0.4, -0.2) is 6.29 Å². The lowest BCUT2D eigenvalue weighted by molar-refractivity contribution is -0.109. The molecule has 1 atom stereocenters. The Morgan fingerprint density at radius 3 is 2.88 bits per heavy atom. The first-order valence-corrected chi connectivity index (χ1v) is 6.49. The zero-order chi connectivity index (χ0) is 11.9. The summed E-state index contributed by atoms with van der Waals surface area (Å²) >= 11 is 0. The van der Waals surface area contributed by atoms with E-state index >= 15 is 0 Å². The van der Waals surface area contributed by atoms with Gasteiger partial charge in [-0.1, -0.05) is 36.8 Å². The van der Waals surface area contributed by atoms with Gasteiger partial charge in [0.15, 0.2) is 0 Å². The van der Waals surface area contributed by atoms with Gasteiger partial charge >= 0.3 is 0 Å². The fraction of sp³-hybridized carbons (Fsp3) is 0.438. The summed E-state index contributed by atoms with van der Waals surface area (Å²) in [5, 5.41) is 0. The summed E-state index contributed by atoms with van der Waals surface area (Å²) in [6.07, 6.45) is 6.46. The standard InChI is InChI=1S/C16H18O/c1-16(10-11-17)9-8-13-7-6-12-4-2-3-5-14(12)15(13)16/h2-5,11H,6-10H2,1H3/t16-/m1/s1. The van der Waals surface area contributed by atoms with Crippen LogP contribution in [0.15, 0.2) is 29.8 Å². The van der Waals surface area contributed by atoms with Crippen molar-refractivity contribution in [2.45, 2.75) is 39.0 Å². The predicted molar refractivity (Wildman–Crippen MR) is 69.7 cm³/mol. The molecule has 2 aliphatic carbocycles. The molecule has 17 heavy (non-hydrogen) atoms. The third-order valence-corrected chi connectivity index (χ3v) is 4.45. The van der Waals surface area contributed by atoms with Gasteiger partial charge in [-0.3, -0.25) is 0 Å². The maximum atomic E-state index is 10.9. The Kier molecular flexibility index (Phi) is 2.43. The maximum Gasteiger partial charge on any atom is 0.120 e. The van der Waals surface area contributed by atoms with Gasteiger partial charge in [0.2, 0.25) is 0 Å². The lowest BCUT2D eigenvalue weighted by atomic mass is 9.74. The number of carbonyl (C=O) groups excluding carboxylic acids is 1. The molecule has 0 saturated carbocycles. The largest absolute Gasteiger partial charge is 0.303 e. The molecule has 0 saturated heterocycles. The van der Waals surface area contributed by atoms with E-state index in [1.54, 1.807) is 5.57 Å². The summed E-state index contributed by atoms with van der Waals surface area (Å²) in [7, 11) is 0. The number of benzene rings is 1. The summed E-state index contributed by atoms with van der Waals surface area (Å²) in [6, 6.07) is 8.71. The minimum Gasteiger partial charge on any atom is -0.303 e. The topological polar surface area (TPSA) is 17.1 Å². The fourth-order valence-electron chi connectivity index (χ4n) is 3.52. The number of allylic oxidation sites excluding steroid dienone is 2. The highest BCUT2D eigenvalue weighted by atomic mass is 16.1. The van der Waals surface area contributed by atoms with Crippen LogP contribution >= 0.6 is 0 Å². The van der Waals surface area contributed by atoms with Crippen LogP contribution in [-0.2, 0) is 11.2 Å². The van der Waals surface area contributed by atoms with E-state index < -0.39 is 0 Å². The number of aryl methyl sites for hydroxylation is 1. The van der Waals surface area contributed by atoms with Gasteiger partial charge in [-0.2, -0.15) is 0 Å². The van der Waals surface area contributed by atoms with Crippen LogP contribution in [0.4, 0.5) is 0 Å². The fourth-order valence-corrected chi connectivity index (χ4v) is 3.52. The summed E-state index contributed by atoms with van der Waals surface area (Å²) in [5.41, 5.74) is 6.06. The predicted octanol–water partition coefficient (Wildman–Crippen LogP) is 3.78. The van der Waals surface area contributed by atoms with Gasteiger partial charge in [-0.15, -0.1) is 0 Å². The molecule has 0 aliphatic heterocycles. The van der Waals surface area contributed by atoms with Gasteiger partial charge in [-0.05, 0) is 47.8 Å². The molecule has 0 N–H and O–H groups in total. The van der Waals surface area contributed by atoms with Crippen LogP contribution in [0.25, 0.3) is 5.57 Å². The molecule has 0 aromatic heterocycles. The Morgan fingerprint density at radius 1 is 1.24 bits per heavy atom. The molecule has 1 heteroatoms. The highest BCUT2D eigenvalue weighted by molar-refractivity contribution is 5.80. The average molecular weight is 226 g/mol. The molecular formula is C16H18O. The summed E-state index contributed by atoms with van der Waals surface area (Å²) in [5.74, 6) is 0. The minimum atomic E-state index is 0.0909. The SMILES string of the molecule is C[C@]1(CC=O)CCC2=C1c1ccccc1CC2. The first kappa shape index (κ1) is 10.8. The number of aldehydes is 1. The van der Waals surface area contributed by atoms with Gasteiger partial charge in [0.25, 0.3) is 0 Å². The summed E-state index contributed by atoms with van der Waals surface area (Å²) in [4.78, 5) is 10.9. The number of rotatable bonds is 2. The average Bonchev–Trinajstić information content (AvgIpc) is 2.68. The van der Waals surface area contributed by atoms with E-state index in [0.717, 1.165) is 12.7 Å². The lowest BCUT2D eigenvalue weighted by Gasteiger charge is -2.30. The van der Waals surface area contributed by atoms with Crippen molar-refractivity contribution in [1.29, 1.82) is 0 Å². The van der Waals surface area contributed by atoms with Crippen molar-refractivity contribution in [3.63, 3.8) is 0 Å². The van der Waals surface area contributed by atoms with Crippen LogP contribution in [0.5, 0.6) is 0 Å². The molecule has 1 aromatic carbocycles. The molecule has 3 rings (SSSR count). The zero-order valence-corrected chi connectivity index (χ0v) is 10.3. The molecule has 0 amide bonds. The van der Waals surface area contributed by atoms with E-state index in [9.17, 15) is 4.79 Å². The molecule has 1 nitrogen and oxygen atoms in total. The van der Waals surface area contributed by atoms with Crippen LogP contribution in [0.2, 0.25) is 0 Å². The van der Waals surface area contributed by atoms with E-state index in [0.29, 0.717) is 6.42 Å². The molecular weight excluding hydrogens is 208 g/mol. The van der Waals surface area contributed by atoms with Crippen LogP contribution in [0.1, 0.15) is 43.7 Å². The Hall–Kier alpha value is -1.37. The third kappa shape index (κ3) is 1.56. The first-order chi connectivity index (χ1) is 8.24. The van der Waals surface area contributed by atoms with Gasteiger partial charge in [-0.25, -0.2) is 0 Å². The molecule has 88 valence electrons. The number of carbonyl (C=O) groups is 1. The van der Waals surface area contributed by atoms with Crippen LogP contribution in [0, 0.1) is 5.41 Å². The van der Waals surface area contributed by atoms with Crippen molar-refractivity contribution in [1.82, 2.24) is 0 Å². The van der Waals surface area contributed by atoms with Gasteiger partial charge in [0, 0.05) is 6.42 Å². The van der Waals surface area contributed by atoms with Crippen LogP contribution in [0.3, 0.4) is 0 Å². The van der Waals surface area contributed by atoms with E-state index in [4.69, 9.17) is 0 Å². The van der Waals surface area contributed by atoms with Gasteiger partial charge in [0.1, 0.15) is 6.29 Å². The third-order valence-electron chi connectivity index (χ3n) is 4.45. The van der Waals surface area contributed by atoms with E-state index in [2.05, 4.69) is 31.2 Å². The molecule has 1 aromatic rings. The molecule has 0 heterocycles. The Balaban J connectivity index is 2.13. The maximum absolute atomic E-state index is 10.9. The molecule has 0 spiro atoms. The van der Waals surface area contributed by atoms with Gasteiger partial charge < -0.3 is 4.79 Å². The van der Waals surface area contributed by atoms with E-state index in [1.165, 1.54) is 36.0 Å². The highest BCUT2D eigenvalue weighted by Gasteiger charge is 2.38. The number of fused-ring (bicyclic) bond motifs is 2. The zero-order valence-electron chi connectivity index (χ0n) is 10.3. The smallest absolute Gasteiger partial charge is 0.120 e. The second-order valence-corrected chi connectivity index (χ2v) is 5.57. The van der Waals surface area contributed by atoms with Crippen molar-refractivity contribution < 1.29 is 4.79 Å². The molecule has 0 bridgehead atoms. The van der Waals surface area contributed by atoms with Crippen molar-refractivity contribution in [3.05, 3.63) is 41.0 Å². The van der Waals surface area contributed by atoms with Crippen molar-refractivity contribution >= 4 is 11.9 Å². The Bertz CT molecular complexity index is 498. The number of hydrogen-bond donors (Lipinski definition) is 0. The minimum absolute atomic E-state index is 0.0909. The summed E-state index contributed by atoms with van der Waals surface area (Å²) in [6.45, 7) is 2.26.